The molecule has 1 aliphatic rings. The zero-order valence-corrected chi connectivity index (χ0v) is 17.7. The molecule has 31 heavy (non-hydrogen) atoms. The van der Waals surface area contributed by atoms with E-state index in [4.69, 9.17) is 17.0 Å². The molecule has 0 unspecified atom stereocenters. The van der Waals surface area contributed by atoms with Crippen LogP contribution in [0.4, 0.5) is 5.69 Å². The summed E-state index contributed by atoms with van der Waals surface area (Å²) in [4.78, 5) is 26.9. The Labute approximate surface area is 186 Å². The lowest BCUT2D eigenvalue weighted by atomic mass is 10.0. The second kappa shape index (κ2) is 8.93. The number of anilines is 1. The average Bonchev–Trinajstić information content (AvgIpc) is 2.79. The fourth-order valence-corrected chi connectivity index (χ4v) is 3.48. The number of benzene rings is 3. The van der Waals surface area contributed by atoms with Gasteiger partial charge >= 0.3 is 0 Å². The van der Waals surface area contributed by atoms with Crippen LogP contribution in [0.15, 0.2) is 84.4 Å². The number of nitrogens with one attached hydrogen (secondary N) is 1. The third-order valence-corrected chi connectivity index (χ3v) is 5.16. The van der Waals surface area contributed by atoms with Crippen molar-refractivity contribution in [1.29, 1.82) is 0 Å². The molecule has 1 aliphatic heterocycles. The summed E-state index contributed by atoms with van der Waals surface area (Å²) in [5.41, 5.74) is 2.53. The van der Waals surface area contributed by atoms with Crippen LogP contribution in [-0.4, -0.2) is 16.9 Å². The SMILES string of the molecule is CCc1ccc(/C=C2\C(=O)NC(=S)N(c3ccc(Oc4ccccc4)cc3)C2=O)cc1. The minimum absolute atomic E-state index is 0.0301. The van der Waals surface area contributed by atoms with Gasteiger partial charge in [-0.25, -0.2) is 0 Å². The molecule has 0 bridgehead atoms. The van der Waals surface area contributed by atoms with Gasteiger partial charge in [0.2, 0.25) is 0 Å². The first-order valence-electron chi connectivity index (χ1n) is 9.88. The summed E-state index contributed by atoms with van der Waals surface area (Å²) in [6.45, 7) is 2.07. The van der Waals surface area contributed by atoms with Crippen LogP contribution in [0.1, 0.15) is 18.1 Å². The Balaban J connectivity index is 1.58. The lowest BCUT2D eigenvalue weighted by molar-refractivity contribution is -0.122. The molecule has 154 valence electrons. The van der Waals surface area contributed by atoms with E-state index in [9.17, 15) is 9.59 Å². The van der Waals surface area contributed by atoms with Gasteiger partial charge in [-0.05, 0) is 72.2 Å². The first-order valence-corrected chi connectivity index (χ1v) is 10.3. The number of thiocarbonyl (C=S) groups is 1. The van der Waals surface area contributed by atoms with Crippen LogP contribution in [0.3, 0.4) is 0 Å². The van der Waals surface area contributed by atoms with Crippen molar-refractivity contribution in [2.24, 2.45) is 0 Å². The average molecular weight is 429 g/mol. The molecule has 6 heteroatoms. The third kappa shape index (κ3) is 4.54. The van der Waals surface area contributed by atoms with Crippen molar-refractivity contribution in [2.75, 3.05) is 4.90 Å². The molecule has 3 aromatic rings. The number of aryl methyl sites for hydroxylation is 1. The molecule has 0 radical (unpaired) electrons. The summed E-state index contributed by atoms with van der Waals surface area (Å²) < 4.78 is 5.79. The topological polar surface area (TPSA) is 58.6 Å². The first kappa shape index (κ1) is 20.5. The smallest absolute Gasteiger partial charge is 0.270 e. The number of para-hydroxylation sites is 1. The van der Waals surface area contributed by atoms with Crippen molar-refractivity contribution in [2.45, 2.75) is 13.3 Å². The lowest BCUT2D eigenvalue weighted by Crippen LogP contribution is -2.54. The number of carbonyl (C=O) groups excluding carboxylic acids is 2. The number of hydrogen-bond donors (Lipinski definition) is 1. The van der Waals surface area contributed by atoms with Crippen molar-refractivity contribution >= 4 is 40.9 Å². The number of nitrogens with zero attached hydrogens (tertiary/aromatic N) is 1. The maximum Gasteiger partial charge on any atom is 0.270 e. The predicted molar refractivity (Wildman–Crippen MR) is 125 cm³/mol. The molecule has 0 spiro atoms. The molecule has 1 saturated heterocycles. The van der Waals surface area contributed by atoms with E-state index in [-0.39, 0.29) is 10.7 Å². The van der Waals surface area contributed by atoms with Gasteiger partial charge in [0, 0.05) is 0 Å². The largest absolute Gasteiger partial charge is 0.457 e. The Morgan fingerprint density at radius 2 is 1.55 bits per heavy atom. The quantitative estimate of drug-likeness (QED) is 0.358. The van der Waals surface area contributed by atoms with Crippen LogP contribution in [0.2, 0.25) is 0 Å². The van der Waals surface area contributed by atoms with Gasteiger partial charge in [-0.2, -0.15) is 0 Å². The van der Waals surface area contributed by atoms with E-state index in [0.29, 0.717) is 17.2 Å². The van der Waals surface area contributed by atoms with E-state index in [0.717, 1.165) is 12.0 Å². The van der Waals surface area contributed by atoms with Crippen molar-refractivity contribution in [3.63, 3.8) is 0 Å². The van der Waals surface area contributed by atoms with Crippen LogP contribution in [0, 0.1) is 0 Å². The molecule has 3 aromatic carbocycles. The van der Waals surface area contributed by atoms with Gasteiger partial charge in [0.1, 0.15) is 17.1 Å². The highest BCUT2D eigenvalue weighted by Gasteiger charge is 2.34. The number of ether oxygens (including phenoxy) is 1. The zero-order valence-electron chi connectivity index (χ0n) is 16.9. The van der Waals surface area contributed by atoms with Gasteiger partial charge in [-0.1, -0.05) is 49.4 Å². The molecule has 0 aromatic heterocycles. The third-order valence-electron chi connectivity index (χ3n) is 4.87. The number of amides is 2. The number of hydrogen-bond acceptors (Lipinski definition) is 4. The van der Waals surface area contributed by atoms with Gasteiger partial charge in [0.15, 0.2) is 5.11 Å². The Bertz CT molecular complexity index is 1150. The van der Waals surface area contributed by atoms with E-state index in [1.54, 1.807) is 30.3 Å². The van der Waals surface area contributed by atoms with Crippen LogP contribution >= 0.6 is 12.2 Å². The van der Waals surface area contributed by atoms with Gasteiger partial charge in [-0.3, -0.25) is 19.8 Å². The summed E-state index contributed by atoms with van der Waals surface area (Å²) in [6.07, 6.45) is 2.50. The summed E-state index contributed by atoms with van der Waals surface area (Å²) in [5.74, 6) is 0.368. The molecular formula is C25H20N2O3S. The van der Waals surface area contributed by atoms with Crippen LogP contribution in [0.5, 0.6) is 11.5 Å². The van der Waals surface area contributed by atoms with Gasteiger partial charge in [-0.15, -0.1) is 0 Å². The van der Waals surface area contributed by atoms with Crippen LogP contribution in [0.25, 0.3) is 6.08 Å². The van der Waals surface area contributed by atoms with Gasteiger partial charge in [0.25, 0.3) is 11.8 Å². The Morgan fingerprint density at radius 1 is 0.903 bits per heavy atom. The molecule has 2 amide bonds. The van der Waals surface area contributed by atoms with E-state index >= 15 is 0 Å². The highest BCUT2D eigenvalue weighted by Crippen LogP contribution is 2.27. The molecule has 1 heterocycles. The maximum atomic E-state index is 13.1. The minimum atomic E-state index is -0.505. The van der Waals surface area contributed by atoms with E-state index in [2.05, 4.69) is 12.2 Å². The predicted octanol–water partition coefficient (Wildman–Crippen LogP) is 4.87. The normalized spacial score (nSPS) is 15.2. The Morgan fingerprint density at radius 3 is 2.19 bits per heavy atom. The highest BCUT2D eigenvalue weighted by molar-refractivity contribution is 7.80. The molecule has 0 aliphatic carbocycles. The summed E-state index contributed by atoms with van der Waals surface area (Å²) in [5, 5.41) is 2.65. The Hall–Kier alpha value is -3.77. The maximum absolute atomic E-state index is 13.1. The molecule has 1 N–H and O–H groups in total. The lowest BCUT2D eigenvalue weighted by Gasteiger charge is -2.29. The zero-order chi connectivity index (χ0) is 21.8. The van der Waals surface area contributed by atoms with Crippen molar-refractivity contribution in [3.05, 3.63) is 95.6 Å². The minimum Gasteiger partial charge on any atom is -0.457 e. The molecule has 5 nitrogen and oxygen atoms in total. The van der Waals surface area contributed by atoms with E-state index in [1.165, 1.54) is 10.5 Å². The van der Waals surface area contributed by atoms with Crippen molar-refractivity contribution in [3.8, 4) is 11.5 Å². The summed E-state index contributed by atoms with van der Waals surface area (Å²) in [6, 6.07) is 24.1. The molecule has 1 fully saturated rings. The van der Waals surface area contributed by atoms with Crippen molar-refractivity contribution in [1.82, 2.24) is 5.32 Å². The van der Waals surface area contributed by atoms with Gasteiger partial charge in [0.05, 0.1) is 5.69 Å². The van der Waals surface area contributed by atoms with Crippen LogP contribution in [-0.2, 0) is 16.0 Å². The van der Waals surface area contributed by atoms with Crippen molar-refractivity contribution < 1.29 is 14.3 Å². The summed E-state index contributed by atoms with van der Waals surface area (Å²) in [7, 11) is 0. The fraction of sp³-hybridized carbons (Fsp3) is 0.0800. The monoisotopic (exact) mass is 428 g/mol. The number of rotatable bonds is 5. The molecule has 0 atom stereocenters. The standard InChI is InChI=1S/C25H20N2O3S/c1-2-17-8-10-18(11-9-17)16-22-23(28)26-25(31)27(24(22)29)19-12-14-21(15-13-19)30-20-6-4-3-5-7-20/h3-16H,2H2,1H3,(H,26,28,31)/b22-16+. The van der Waals surface area contributed by atoms with Gasteiger partial charge < -0.3 is 4.74 Å². The number of carbonyl (C=O) groups is 2. The summed E-state index contributed by atoms with van der Waals surface area (Å²) >= 11 is 5.27. The molecular weight excluding hydrogens is 408 g/mol. The fourth-order valence-electron chi connectivity index (χ4n) is 3.20. The van der Waals surface area contributed by atoms with E-state index in [1.807, 2.05) is 54.6 Å². The highest BCUT2D eigenvalue weighted by atomic mass is 32.1. The molecule has 4 rings (SSSR count). The first-order chi connectivity index (χ1) is 15.0. The molecule has 0 saturated carbocycles. The Kier molecular flexibility index (Phi) is 5.91. The second-order valence-electron chi connectivity index (χ2n) is 6.96. The second-order valence-corrected chi connectivity index (χ2v) is 7.35. The van der Waals surface area contributed by atoms with Crippen LogP contribution < -0.4 is 15.0 Å². The van der Waals surface area contributed by atoms with E-state index < -0.39 is 11.8 Å².